The van der Waals surface area contributed by atoms with Crippen LogP contribution in [0.25, 0.3) is 5.53 Å². The summed E-state index contributed by atoms with van der Waals surface area (Å²) in [5, 5.41) is 0. The minimum absolute atomic E-state index is 0.117. The first-order valence-corrected chi connectivity index (χ1v) is 7.93. The molecule has 0 aromatic carbocycles. The van der Waals surface area contributed by atoms with Crippen molar-refractivity contribution in [2.24, 2.45) is 0 Å². The van der Waals surface area contributed by atoms with Crippen molar-refractivity contribution in [1.82, 2.24) is 0 Å². The van der Waals surface area contributed by atoms with Gasteiger partial charge in [0, 0.05) is 11.6 Å². The molecule has 0 unspecified atom stereocenters. The van der Waals surface area contributed by atoms with Crippen LogP contribution in [0.1, 0.15) is 33.6 Å². The Morgan fingerprint density at radius 3 is 2.15 bits per heavy atom. The predicted molar refractivity (Wildman–Crippen MR) is 74.5 cm³/mol. The van der Waals surface area contributed by atoms with E-state index in [9.17, 15) is 9.36 Å². The largest absolute Gasteiger partial charge is 0.466 e. The van der Waals surface area contributed by atoms with Crippen molar-refractivity contribution < 1.29 is 27.9 Å². The monoisotopic (exact) mass is 304 g/mol. The zero-order valence-corrected chi connectivity index (χ0v) is 13.2. The lowest BCUT2D eigenvalue weighted by Gasteiger charge is -2.11. The highest BCUT2D eigenvalue weighted by atomic mass is 31.2. The van der Waals surface area contributed by atoms with E-state index in [2.05, 4.69) is 9.53 Å². The van der Waals surface area contributed by atoms with Crippen LogP contribution < -0.4 is 0 Å². The first-order chi connectivity index (χ1) is 9.48. The Labute approximate surface area is 119 Å². The first-order valence-electron chi connectivity index (χ1n) is 6.39. The molecular weight excluding hydrogens is 283 g/mol. The van der Waals surface area contributed by atoms with Gasteiger partial charge in [-0.15, -0.1) is 0 Å². The Hall–Kier alpha value is -1.26. The molecule has 0 spiro atoms. The van der Waals surface area contributed by atoms with Crippen LogP contribution in [-0.2, 0) is 23.1 Å². The smallest absolute Gasteiger partial charge is 0.442 e. The molecule has 0 aliphatic rings. The average Bonchev–Trinajstić information content (AvgIpc) is 2.42. The summed E-state index contributed by atoms with van der Waals surface area (Å²) in [5.74, 6) is -0.576. The fraction of sp³-hybridized carbons (Fsp3) is 0.667. The van der Waals surface area contributed by atoms with Gasteiger partial charge < -0.3 is 19.3 Å². The number of carbonyl (C=O) groups is 1. The van der Waals surface area contributed by atoms with Crippen LogP contribution in [0.3, 0.4) is 0 Å². The Balaban J connectivity index is 5.58. The second kappa shape index (κ2) is 9.61. The summed E-state index contributed by atoms with van der Waals surface area (Å²) >= 11 is 0. The third kappa shape index (κ3) is 5.39. The van der Waals surface area contributed by atoms with E-state index in [1.807, 2.05) is 6.92 Å². The third-order valence-corrected chi connectivity index (χ3v) is 4.23. The van der Waals surface area contributed by atoms with Crippen molar-refractivity contribution in [3.63, 3.8) is 0 Å². The van der Waals surface area contributed by atoms with E-state index >= 15 is 0 Å². The highest BCUT2D eigenvalue weighted by Crippen LogP contribution is 2.49. The molecule has 20 heavy (non-hydrogen) atoms. The Morgan fingerprint density at radius 2 is 1.80 bits per heavy atom. The molecule has 0 aromatic rings. The molecule has 0 radical (unpaired) electrons. The minimum atomic E-state index is -3.74. The molecule has 0 aliphatic carbocycles. The molecule has 8 heteroatoms. The van der Waals surface area contributed by atoms with Crippen molar-refractivity contribution >= 4 is 19.0 Å². The summed E-state index contributed by atoms with van der Waals surface area (Å²) in [6.45, 7) is 5.38. The SMILES string of the molecule is CCC/C(=C\C(=[N+]=[N-])P(=O)(OCC)OCC)C(=O)OC. The molecule has 7 nitrogen and oxygen atoms in total. The standard InChI is InChI=1S/C12H21N2O5P/c1-5-8-10(12(15)17-4)9-11(14-13)20(16,18-6-2)19-7-3/h9H,5-8H2,1-4H3/b10-9+. The summed E-state index contributed by atoms with van der Waals surface area (Å²) in [4.78, 5) is 14.6. The van der Waals surface area contributed by atoms with E-state index in [0.717, 1.165) is 0 Å². The number of nitrogens with zero attached hydrogens (tertiary/aromatic N) is 2. The van der Waals surface area contributed by atoms with Crippen LogP contribution in [0.5, 0.6) is 0 Å². The van der Waals surface area contributed by atoms with Gasteiger partial charge in [-0.25, -0.2) is 9.36 Å². The fourth-order valence-electron chi connectivity index (χ4n) is 1.46. The third-order valence-electron chi connectivity index (χ3n) is 2.25. The number of hydrogen-bond acceptors (Lipinski definition) is 5. The molecule has 0 saturated heterocycles. The Morgan fingerprint density at radius 1 is 1.25 bits per heavy atom. The number of methoxy groups -OCH3 is 1. The molecule has 0 amide bonds. The molecular formula is C12H21N2O5P. The van der Waals surface area contributed by atoms with Crippen molar-refractivity contribution in [1.29, 1.82) is 0 Å². The second-order valence-electron chi connectivity index (χ2n) is 3.70. The molecule has 0 atom stereocenters. The van der Waals surface area contributed by atoms with Crippen LogP contribution in [0.15, 0.2) is 11.6 Å². The maximum atomic E-state index is 12.5. The number of esters is 1. The quantitative estimate of drug-likeness (QED) is 0.163. The van der Waals surface area contributed by atoms with Gasteiger partial charge in [0.05, 0.1) is 20.3 Å². The van der Waals surface area contributed by atoms with Crippen LogP contribution in [0.4, 0.5) is 0 Å². The van der Waals surface area contributed by atoms with Gasteiger partial charge in [-0.3, -0.25) is 0 Å². The number of rotatable bonds is 9. The summed E-state index contributed by atoms with van der Waals surface area (Å²) in [5.41, 5.74) is 8.97. The zero-order chi connectivity index (χ0) is 15.6. The lowest BCUT2D eigenvalue weighted by atomic mass is 10.1. The lowest BCUT2D eigenvalue weighted by molar-refractivity contribution is -0.136. The molecule has 114 valence electrons. The summed E-state index contributed by atoms with van der Waals surface area (Å²) in [6.07, 6.45) is 2.26. The van der Waals surface area contributed by atoms with Gasteiger partial charge >= 0.3 is 19.0 Å². The van der Waals surface area contributed by atoms with Gasteiger partial charge in [-0.1, -0.05) is 13.3 Å². The highest BCUT2D eigenvalue weighted by molar-refractivity contribution is 7.72. The van der Waals surface area contributed by atoms with E-state index in [1.54, 1.807) is 13.8 Å². The summed E-state index contributed by atoms with van der Waals surface area (Å²) in [7, 11) is -2.50. The Kier molecular flexibility index (Phi) is 9.01. The number of carbonyl (C=O) groups excluding carboxylic acids is 1. The van der Waals surface area contributed by atoms with Crippen molar-refractivity contribution in [3.05, 3.63) is 17.2 Å². The highest BCUT2D eigenvalue weighted by Gasteiger charge is 2.38. The first kappa shape index (κ1) is 18.7. The molecule has 0 N–H and O–H groups in total. The van der Waals surface area contributed by atoms with Crippen molar-refractivity contribution in [2.75, 3.05) is 20.3 Å². The Bertz CT molecular complexity index is 445. The molecule has 0 fully saturated rings. The van der Waals surface area contributed by atoms with Crippen molar-refractivity contribution in [3.8, 4) is 0 Å². The van der Waals surface area contributed by atoms with E-state index < -0.39 is 13.6 Å². The van der Waals surface area contributed by atoms with Gasteiger partial charge in [0.15, 0.2) is 0 Å². The summed E-state index contributed by atoms with van der Waals surface area (Å²) < 4.78 is 27.2. The predicted octanol–water partition coefficient (Wildman–Crippen LogP) is 2.78. The van der Waals surface area contributed by atoms with Crippen LogP contribution >= 0.6 is 7.60 Å². The molecule has 0 heterocycles. The minimum Gasteiger partial charge on any atom is -0.466 e. The van der Waals surface area contributed by atoms with Gasteiger partial charge in [0.2, 0.25) is 0 Å². The second-order valence-corrected chi connectivity index (χ2v) is 5.67. The van der Waals surface area contributed by atoms with Crippen LogP contribution in [-0.4, -0.2) is 36.5 Å². The van der Waals surface area contributed by atoms with Gasteiger partial charge in [-0.05, 0) is 20.3 Å². The normalized spacial score (nSPS) is 11.9. The van der Waals surface area contributed by atoms with Gasteiger partial charge in [0.1, 0.15) is 0 Å². The van der Waals surface area contributed by atoms with Crippen LogP contribution in [0, 0.1) is 0 Å². The fourth-order valence-corrected chi connectivity index (χ4v) is 2.90. The van der Waals surface area contributed by atoms with E-state index in [-0.39, 0.29) is 24.2 Å². The molecule has 0 saturated carbocycles. The number of hydrogen-bond donors (Lipinski definition) is 0. The van der Waals surface area contributed by atoms with Crippen LogP contribution in [0.2, 0.25) is 0 Å². The van der Waals surface area contributed by atoms with Gasteiger partial charge in [-0.2, -0.15) is 4.79 Å². The van der Waals surface area contributed by atoms with Gasteiger partial charge in [0.25, 0.3) is 0 Å². The topological polar surface area (TPSA) is 98.2 Å². The number of ether oxygens (including phenoxy) is 1. The maximum Gasteiger partial charge on any atom is 0.442 e. The average molecular weight is 304 g/mol. The molecule has 0 rings (SSSR count). The summed E-state index contributed by atoms with van der Waals surface area (Å²) in [6, 6.07) is 0. The lowest BCUT2D eigenvalue weighted by Crippen LogP contribution is -2.11. The molecule has 0 aromatic heterocycles. The van der Waals surface area contributed by atoms with E-state index in [0.29, 0.717) is 12.8 Å². The van der Waals surface area contributed by atoms with E-state index in [1.165, 1.54) is 13.2 Å². The zero-order valence-electron chi connectivity index (χ0n) is 12.3. The molecule has 0 bridgehead atoms. The number of allylic oxidation sites excluding steroid dienone is 1. The maximum absolute atomic E-state index is 12.5. The van der Waals surface area contributed by atoms with Crippen molar-refractivity contribution in [2.45, 2.75) is 33.6 Å². The molecule has 0 aliphatic heterocycles. The van der Waals surface area contributed by atoms with E-state index in [4.69, 9.17) is 14.6 Å².